The molecule has 1 N–H and O–H groups in total. The van der Waals surface area contributed by atoms with Gasteiger partial charge in [0, 0.05) is 25.7 Å². The van der Waals surface area contributed by atoms with Crippen molar-refractivity contribution in [2.45, 2.75) is 13.8 Å². The van der Waals surface area contributed by atoms with E-state index in [0.717, 1.165) is 32.0 Å². The van der Waals surface area contributed by atoms with E-state index in [1.807, 2.05) is 6.07 Å². The van der Waals surface area contributed by atoms with Crippen molar-refractivity contribution in [1.82, 2.24) is 15.3 Å². The Kier molecular flexibility index (Phi) is 5.56. The van der Waals surface area contributed by atoms with E-state index < -0.39 is 0 Å². The van der Waals surface area contributed by atoms with Gasteiger partial charge in [-0.3, -0.25) is 0 Å². The standard InChI is InChI=1S/C11H20N4O/c1-4-12-6-7-15(5-2)10-8-11(16-3)14-9-13-10/h8-9,12H,4-7H2,1-3H3. The quantitative estimate of drug-likeness (QED) is 0.698. The van der Waals surface area contributed by atoms with Gasteiger partial charge in [0.05, 0.1) is 7.11 Å². The summed E-state index contributed by atoms with van der Waals surface area (Å²) in [6.07, 6.45) is 1.53. The van der Waals surface area contributed by atoms with Crippen molar-refractivity contribution in [3.63, 3.8) is 0 Å². The minimum atomic E-state index is 0.604. The van der Waals surface area contributed by atoms with E-state index in [-0.39, 0.29) is 0 Å². The molecule has 0 aliphatic heterocycles. The van der Waals surface area contributed by atoms with E-state index in [4.69, 9.17) is 4.74 Å². The second-order valence-electron chi connectivity index (χ2n) is 3.35. The van der Waals surface area contributed by atoms with Gasteiger partial charge in [0.15, 0.2) is 0 Å². The Bertz CT molecular complexity index is 306. The van der Waals surface area contributed by atoms with Gasteiger partial charge in [0.25, 0.3) is 0 Å². The smallest absolute Gasteiger partial charge is 0.218 e. The van der Waals surface area contributed by atoms with Gasteiger partial charge in [-0.2, -0.15) is 0 Å². The molecule has 5 nitrogen and oxygen atoms in total. The van der Waals surface area contributed by atoms with Crippen LogP contribution in [0.25, 0.3) is 0 Å². The van der Waals surface area contributed by atoms with Crippen molar-refractivity contribution in [2.75, 3.05) is 38.2 Å². The summed E-state index contributed by atoms with van der Waals surface area (Å²) in [7, 11) is 1.61. The van der Waals surface area contributed by atoms with Crippen LogP contribution in [-0.4, -0.2) is 43.3 Å². The van der Waals surface area contributed by atoms with Gasteiger partial charge in [0.1, 0.15) is 12.1 Å². The first-order valence-corrected chi connectivity index (χ1v) is 5.63. The van der Waals surface area contributed by atoms with E-state index in [0.29, 0.717) is 5.88 Å². The fraction of sp³-hybridized carbons (Fsp3) is 0.636. The number of anilines is 1. The molecule has 1 aromatic rings. The lowest BCUT2D eigenvalue weighted by molar-refractivity contribution is 0.396. The molecule has 0 unspecified atom stereocenters. The molecule has 0 aromatic carbocycles. The van der Waals surface area contributed by atoms with Crippen LogP contribution >= 0.6 is 0 Å². The number of nitrogens with zero attached hydrogens (tertiary/aromatic N) is 3. The molecule has 0 aliphatic rings. The summed E-state index contributed by atoms with van der Waals surface area (Å²) in [5.74, 6) is 1.51. The van der Waals surface area contributed by atoms with Crippen molar-refractivity contribution >= 4 is 5.82 Å². The highest BCUT2D eigenvalue weighted by atomic mass is 16.5. The zero-order valence-corrected chi connectivity index (χ0v) is 10.2. The van der Waals surface area contributed by atoms with E-state index in [2.05, 4.69) is 34.0 Å². The summed E-state index contributed by atoms with van der Waals surface area (Å²) in [5.41, 5.74) is 0. The zero-order valence-electron chi connectivity index (χ0n) is 10.2. The first-order chi connectivity index (χ1) is 7.81. The van der Waals surface area contributed by atoms with Gasteiger partial charge in [-0.15, -0.1) is 0 Å². The molecule has 0 aliphatic carbocycles. The Morgan fingerprint density at radius 3 is 2.81 bits per heavy atom. The molecule has 16 heavy (non-hydrogen) atoms. The van der Waals surface area contributed by atoms with Crippen molar-refractivity contribution < 1.29 is 4.74 Å². The van der Waals surface area contributed by atoms with Gasteiger partial charge in [-0.05, 0) is 13.5 Å². The van der Waals surface area contributed by atoms with Gasteiger partial charge in [-0.25, -0.2) is 9.97 Å². The third-order valence-electron chi connectivity index (χ3n) is 2.35. The molecule has 0 saturated heterocycles. The first kappa shape index (κ1) is 12.7. The Morgan fingerprint density at radius 1 is 1.38 bits per heavy atom. The number of ether oxygens (including phenoxy) is 1. The molecule has 1 rings (SSSR count). The number of methoxy groups -OCH3 is 1. The number of likely N-dealkylation sites (N-methyl/N-ethyl adjacent to an activating group) is 2. The van der Waals surface area contributed by atoms with Crippen LogP contribution in [0.1, 0.15) is 13.8 Å². The van der Waals surface area contributed by atoms with Crippen molar-refractivity contribution in [3.05, 3.63) is 12.4 Å². The van der Waals surface area contributed by atoms with Crippen LogP contribution in [0.4, 0.5) is 5.82 Å². The SMILES string of the molecule is CCNCCN(CC)c1cc(OC)ncn1. The molecule has 90 valence electrons. The van der Waals surface area contributed by atoms with Gasteiger partial charge < -0.3 is 15.0 Å². The lowest BCUT2D eigenvalue weighted by Crippen LogP contribution is -2.32. The summed E-state index contributed by atoms with van der Waals surface area (Å²) in [6.45, 7) is 8.02. The average molecular weight is 224 g/mol. The normalized spacial score (nSPS) is 10.2. The van der Waals surface area contributed by atoms with Gasteiger partial charge >= 0.3 is 0 Å². The maximum Gasteiger partial charge on any atom is 0.218 e. The van der Waals surface area contributed by atoms with Crippen LogP contribution in [0.3, 0.4) is 0 Å². The van der Waals surface area contributed by atoms with E-state index in [1.54, 1.807) is 7.11 Å². The summed E-state index contributed by atoms with van der Waals surface area (Å²) in [6, 6.07) is 1.86. The number of hydrogen-bond donors (Lipinski definition) is 1. The minimum absolute atomic E-state index is 0.604. The van der Waals surface area contributed by atoms with Crippen LogP contribution < -0.4 is 15.0 Å². The molecular weight excluding hydrogens is 204 g/mol. The van der Waals surface area contributed by atoms with E-state index >= 15 is 0 Å². The van der Waals surface area contributed by atoms with Crippen molar-refractivity contribution in [2.24, 2.45) is 0 Å². The Labute approximate surface area is 96.8 Å². The number of rotatable bonds is 7. The molecule has 5 heteroatoms. The number of aromatic nitrogens is 2. The first-order valence-electron chi connectivity index (χ1n) is 5.63. The Balaban J connectivity index is 2.62. The maximum atomic E-state index is 5.08. The maximum absolute atomic E-state index is 5.08. The molecule has 0 amide bonds. The second-order valence-corrected chi connectivity index (χ2v) is 3.35. The number of hydrogen-bond acceptors (Lipinski definition) is 5. The number of nitrogens with one attached hydrogen (secondary N) is 1. The highest BCUT2D eigenvalue weighted by Crippen LogP contribution is 2.14. The molecule has 0 bridgehead atoms. The molecule has 1 heterocycles. The lowest BCUT2D eigenvalue weighted by atomic mass is 10.4. The second kappa shape index (κ2) is 7.00. The highest BCUT2D eigenvalue weighted by molar-refractivity contribution is 5.40. The fourth-order valence-corrected chi connectivity index (χ4v) is 1.44. The third kappa shape index (κ3) is 3.66. The lowest BCUT2D eigenvalue weighted by Gasteiger charge is -2.21. The molecule has 1 aromatic heterocycles. The monoisotopic (exact) mass is 224 g/mol. The summed E-state index contributed by atoms with van der Waals surface area (Å²) < 4.78 is 5.08. The summed E-state index contributed by atoms with van der Waals surface area (Å²) in [4.78, 5) is 10.4. The summed E-state index contributed by atoms with van der Waals surface area (Å²) in [5, 5.41) is 3.30. The fourth-order valence-electron chi connectivity index (χ4n) is 1.44. The van der Waals surface area contributed by atoms with Crippen molar-refractivity contribution in [3.8, 4) is 5.88 Å². The highest BCUT2D eigenvalue weighted by Gasteiger charge is 2.06. The van der Waals surface area contributed by atoms with Gasteiger partial charge in [-0.1, -0.05) is 6.92 Å². The molecule has 0 saturated carbocycles. The average Bonchev–Trinajstić information content (AvgIpc) is 2.35. The largest absolute Gasteiger partial charge is 0.481 e. The molecule has 0 spiro atoms. The molecule has 0 radical (unpaired) electrons. The molecule has 0 atom stereocenters. The Hall–Kier alpha value is -1.36. The zero-order chi connectivity index (χ0) is 11.8. The molecule has 0 fully saturated rings. The topological polar surface area (TPSA) is 50.3 Å². The summed E-state index contributed by atoms with van der Waals surface area (Å²) >= 11 is 0. The van der Waals surface area contributed by atoms with Crippen LogP contribution in [-0.2, 0) is 0 Å². The van der Waals surface area contributed by atoms with Crippen LogP contribution in [0.2, 0.25) is 0 Å². The van der Waals surface area contributed by atoms with Crippen LogP contribution in [0.15, 0.2) is 12.4 Å². The Morgan fingerprint density at radius 2 is 2.19 bits per heavy atom. The van der Waals surface area contributed by atoms with Crippen LogP contribution in [0.5, 0.6) is 5.88 Å². The minimum Gasteiger partial charge on any atom is -0.481 e. The predicted molar refractivity (Wildman–Crippen MR) is 65.0 cm³/mol. The molecular formula is C11H20N4O. The van der Waals surface area contributed by atoms with Crippen LogP contribution in [0, 0.1) is 0 Å². The van der Waals surface area contributed by atoms with E-state index in [9.17, 15) is 0 Å². The van der Waals surface area contributed by atoms with E-state index in [1.165, 1.54) is 6.33 Å². The van der Waals surface area contributed by atoms with Gasteiger partial charge in [0.2, 0.25) is 5.88 Å². The predicted octanol–water partition coefficient (Wildman–Crippen LogP) is 0.921. The van der Waals surface area contributed by atoms with Crippen molar-refractivity contribution in [1.29, 1.82) is 0 Å². The third-order valence-corrected chi connectivity index (χ3v) is 2.35.